The predicted molar refractivity (Wildman–Crippen MR) is 102 cm³/mol. The molecule has 0 bridgehead atoms. The second-order valence-electron chi connectivity index (χ2n) is 6.63. The molecule has 1 saturated heterocycles. The van der Waals surface area contributed by atoms with Gasteiger partial charge >= 0.3 is 0 Å². The molecule has 2 aliphatic rings. The zero-order valence-electron chi connectivity index (χ0n) is 14.3. The first-order valence-corrected chi connectivity index (χ1v) is 9.44. The van der Waals surface area contributed by atoms with Crippen LogP contribution in [0.5, 0.6) is 0 Å². The number of rotatable bonds is 2. The normalized spacial score (nSPS) is 21.6. The number of pyridine rings is 1. The predicted octanol–water partition coefficient (Wildman–Crippen LogP) is 2.20. The van der Waals surface area contributed by atoms with E-state index in [4.69, 9.17) is 0 Å². The average molecular weight is 429 g/mol. The molecule has 8 heteroatoms. The zero-order chi connectivity index (χ0) is 19.0. The molecule has 1 aromatic heterocycles. The van der Waals surface area contributed by atoms with Gasteiger partial charge in [0.25, 0.3) is 11.8 Å². The standard InChI is InChI=1S/C19H17BrN4O3/c20-12-3-4-15-14(8-12)19(27)24-7-5-13(9-16(24)18(26)23-15)22-17(25)11-2-1-6-21-10-11/h1-4,6,8,10,13,16H,5,7,9H2,(H,22,25)(H,23,26)/t13-,16-/m0/s1. The average Bonchev–Trinajstić information content (AvgIpc) is 2.78. The van der Waals surface area contributed by atoms with E-state index in [1.54, 1.807) is 41.4 Å². The van der Waals surface area contributed by atoms with Crippen molar-refractivity contribution < 1.29 is 14.4 Å². The van der Waals surface area contributed by atoms with Crippen molar-refractivity contribution >= 4 is 39.3 Å². The number of aromatic nitrogens is 1. The topological polar surface area (TPSA) is 91.4 Å². The number of fused-ring (bicyclic) bond motifs is 2. The van der Waals surface area contributed by atoms with Crippen LogP contribution in [0, 0.1) is 0 Å². The smallest absolute Gasteiger partial charge is 0.256 e. The van der Waals surface area contributed by atoms with E-state index in [9.17, 15) is 14.4 Å². The van der Waals surface area contributed by atoms with Crippen LogP contribution in [0.15, 0.2) is 47.2 Å². The van der Waals surface area contributed by atoms with E-state index in [0.717, 1.165) is 4.47 Å². The van der Waals surface area contributed by atoms with Gasteiger partial charge < -0.3 is 15.5 Å². The van der Waals surface area contributed by atoms with E-state index < -0.39 is 6.04 Å². The van der Waals surface area contributed by atoms with Gasteiger partial charge in [-0.2, -0.15) is 0 Å². The molecule has 2 N–H and O–H groups in total. The fraction of sp³-hybridized carbons (Fsp3) is 0.263. The van der Waals surface area contributed by atoms with Crippen LogP contribution in [-0.4, -0.2) is 46.2 Å². The molecule has 138 valence electrons. The summed E-state index contributed by atoms with van der Waals surface area (Å²) in [5.41, 5.74) is 1.45. The number of hydrogen-bond donors (Lipinski definition) is 2. The molecule has 2 aromatic rings. The highest BCUT2D eigenvalue weighted by Gasteiger charge is 2.40. The van der Waals surface area contributed by atoms with Gasteiger partial charge in [-0.3, -0.25) is 19.4 Å². The van der Waals surface area contributed by atoms with Crippen molar-refractivity contribution in [1.82, 2.24) is 15.2 Å². The minimum absolute atomic E-state index is 0.174. The van der Waals surface area contributed by atoms with Gasteiger partial charge in [0.05, 0.1) is 16.8 Å². The Morgan fingerprint density at radius 2 is 2.15 bits per heavy atom. The Balaban J connectivity index is 1.52. The van der Waals surface area contributed by atoms with Gasteiger partial charge in [-0.05, 0) is 43.2 Å². The third kappa shape index (κ3) is 3.44. The Bertz CT molecular complexity index is 918. The summed E-state index contributed by atoms with van der Waals surface area (Å²) in [6.45, 7) is 0.404. The van der Waals surface area contributed by atoms with Gasteiger partial charge in [0.15, 0.2) is 0 Å². The molecule has 0 saturated carbocycles. The van der Waals surface area contributed by atoms with E-state index in [1.807, 2.05) is 0 Å². The number of carbonyl (C=O) groups is 3. The van der Waals surface area contributed by atoms with Gasteiger partial charge in [-0.1, -0.05) is 15.9 Å². The van der Waals surface area contributed by atoms with Crippen molar-refractivity contribution in [2.24, 2.45) is 0 Å². The van der Waals surface area contributed by atoms with E-state index >= 15 is 0 Å². The van der Waals surface area contributed by atoms with Crippen LogP contribution < -0.4 is 10.6 Å². The van der Waals surface area contributed by atoms with Crippen LogP contribution in [0.4, 0.5) is 5.69 Å². The van der Waals surface area contributed by atoms with Crippen molar-refractivity contribution in [2.75, 3.05) is 11.9 Å². The minimum Gasteiger partial charge on any atom is -0.349 e. The molecule has 0 radical (unpaired) electrons. The summed E-state index contributed by atoms with van der Waals surface area (Å²) >= 11 is 3.37. The summed E-state index contributed by atoms with van der Waals surface area (Å²) in [5.74, 6) is -0.634. The Kier molecular flexibility index (Phi) is 4.65. The molecule has 1 aromatic carbocycles. The number of hydrogen-bond acceptors (Lipinski definition) is 4. The molecule has 7 nitrogen and oxygen atoms in total. The van der Waals surface area contributed by atoms with Gasteiger partial charge in [-0.25, -0.2) is 0 Å². The van der Waals surface area contributed by atoms with Crippen LogP contribution >= 0.6 is 15.9 Å². The molecular formula is C19H17BrN4O3. The Morgan fingerprint density at radius 1 is 1.30 bits per heavy atom. The summed E-state index contributed by atoms with van der Waals surface area (Å²) in [6.07, 6.45) is 4.07. The zero-order valence-corrected chi connectivity index (χ0v) is 15.9. The van der Waals surface area contributed by atoms with Crippen LogP contribution in [0.3, 0.4) is 0 Å². The van der Waals surface area contributed by atoms with Crippen molar-refractivity contribution in [3.63, 3.8) is 0 Å². The molecule has 27 heavy (non-hydrogen) atoms. The van der Waals surface area contributed by atoms with E-state index in [2.05, 4.69) is 31.5 Å². The minimum atomic E-state index is -0.614. The first-order chi connectivity index (χ1) is 13.0. The number of piperidine rings is 1. The van der Waals surface area contributed by atoms with Crippen molar-refractivity contribution in [1.29, 1.82) is 0 Å². The summed E-state index contributed by atoms with van der Waals surface area (Å²) < 4.78 is 0.779. The molecule has 0 unspecified atom stereocenters. The summed E-state index contributed by atoms with van der Waals surface area (Å²) in [7, 11) is 0. The fourth-order valence-corrected chi connectivity index (χ4v) is 3.89. The number of nitrogens with one attached hydrogen (secondary N) is 2. The van der Waals surface area contributed by atoms with Crippen molar-refractivity contribution in [3.05, 3.63) is 58.3 Å². The number of halogens is 1. The van der Waals surface area contributed by atoms with E-state index in [0.29, 0.717) is 36.2 Å². The Labute approximate surface area is 164 Å². The second kappa shape index (κ2) is 7.11. The molecule has 0 spiro atoms. The SMILES string of the molecule is O=C(N[C@H]1CCN2C(=O)c3cc(Br)ccc3NC(=O)[C@@H]2C1)c1cccnc1. The summed E-state index contributed by atoms with van der Waals surface area (Å²) in [6, 6.07) is 7.81. The fourth-order valence-electron chi connectivity index (χ4n) is 3.53. The Morgan fingerprint density at radius 3 is 2.93 bits per heavy atom. The second-order valence-corrected chi connectivity index (χ2v) is 7.55. The third-order valence-electron chi connectivity index (χ3n) is 4.89. The monoisotopic (exact) mass is 428 g/mol. The first-order valence-electron chi connectivity index (χ1n) is 8.65. The number of benzene rings is 1. The molecule has 4 rings (SSSR count). The highest BCUT2D eigenvalue weighted by Crippen LogP contribution is 2.30. The van der Waals surface area contributed by atoms with Crippen molar-refractivity contribution in [2.45, 2.75) is 24.9 Å². The lowest BCUT2D eigenvalue weighted by Gasteiger charge is -2.37. The van der Waals surface area contributed by atoms with Crippen LogP contribution in [0.1, 0.15) is 33.6 Å². The van der Waals surface area contributed by atoms with Crippen LogP contribution in [0.2, 0.25) is 0 Å². The van der Waals surface area contributed by atoms with Crippen LogP contribution in [-0.2, 0) is 4.79 Å². The van der Waals surface area contributed by atoms with Gasteiger partial charge in [0.1, 0.15) is 6.04 Å². The molecule has 2 aliphatic heterocycles. The quantitative estimate of drug-likeness (QED) is 0.766. The number of nitrogens with zero attached hydrogens (tertiary/aromatic N) is 2. The maximum absolute atomic E-state index is 12.9. The highest BCUT2D eigenvalue weighted by molar-refractivity contribution is 9.10. The van der Waals surface area contributed by atoms with Gasteiger partial charge in [0, 0.05) is 29.5 Å². The number of anilines is 1. The maximum atomic E-state index is 12.9. The lowest BCUT2D eigenvalue weighted by atomic mass is 9.96. The molecule has 0 aliphatic carbocycles. The van der Waals surface area contributed by atoms with Crippen LogP contribution in [0.25, 0.3) is 0 Å². The van der Waals surface area contributed by atoms with E-state index in [-0.39, 0.29) is 23.8 Å². The highest BCUT2D eigenvalue weighted by atomic mass is 79.9. The van der Waals surface area contributed by atoms with Gasteiger partial charge in [-0.15, -0.1) is 0 Å². The number of amides is 3. The maximum Gasteiger partial charge on any atom is 0.256 e. The number of carbonyl (C=O) groups excluding carboxylic acids is 3. The Hall–Kier alpha value is -2.74. The molecule has 2 atom stereocenters. The largest absolute Gasteiger partial charge is 0.349 e. The first kappa shape index (κ1) is 17.7. The lowest BCUT2D eigenvalue weighted by molar-refractivity contribution is -0.121. The molecule has 3 heterocycles. The molecular weight excluding hydrogens is 412 g/mol. The third-order valence-corrected chi connectivity index (χ3v) is 5.39. The molecule has 3 amide bonds. The van der Waals surface area contributed by atoms with Crippen molar-refractivity contribution in [3.8, 4) is 0 Å². The van der Waals surface area contributed by atoms with Gasteiger partial charge in [0.2, 0.25) is 5.91 Å². The van der Waals surface area contributed by atoms with E-state index in [1.165, 1.54) is 6.20 Å². The summed E-state index contributed by atoms with van der Waals surface area (Å²) in [4.78, 5) is 43.6. The summed E-state index contributed by atoms with van der Waals surface area (Å²) in [5, 5.41) is 5.79. The lowest BCUT2D eigenvalue weighted by Crippen LogP contribution is -2.55. The molecule has 1 fully saturated rings.